The number of anilines is 1. The van der Waals surface area contributed by atoms with Crippen molar-refractivity contribution >= 4 is 21.6 Å². The molecular weight excluding hydrogens is 272 g/mol. The predicted octanol–water partition coefficient (Wildman–Crippen LogP) is 0.587. The molecule has 0 fully saturated rings. The van der Waals surface area contributed by atoms with E-state index < -0.39 is 0 Å². The smallest absolute Gasteiger partial charge is 0.283 e. The van der Waals surface area contributed by atoms with Gasteiger partial charge in [-0.15, -0.1) is 6.58 Å². The first kappa shape index (κ1) is 12.9. The van der Waals surface area contributed by atoms with Crippen LogP contribution in [0.2, 0.25) is 0 Å². The highest BCUT2D eigenvalue weighted by atomic mass is 79.9. The zero-order chi connectivity index (χ0) is 12.1. The van der Waals surface area contributed by atoms with Gasteiger partial charge in [-0.05, 0) is 15.9 Å². The summed E-state index contributed by atoms with van der Waals surface area (Å²) in [6, 6.07) is 0. The zero-order valence-electron chi connectivity index (χ0n) is 9.19. The molecule has 1 aromatic rings. The Hall–Kier alpha value is -1.14. The summed E-state index contributed by atoms with van der Waals surface area (Å²) >= 11 is 3.28. The Kier molecular flexibility index (Phi) is 4.70. The minimum absolute atomic E-state index is 0.165. The Balaban J connectivity index is 3.11. The second-order valence-corrected chi connectivity index (χ2v) is 4.12. The van der Waals surface area contributed by atoms with Crippen molar-refractivity contribution in [1.82, 2.24) is 9.78 Å². The minimum atomic E-state index is -0.165. The van der Waals surface area contributed by atoms with E-state index in [1.54, 1.807) is 12.3 Å². The maximum atomic E-state index is 11.8. The highest BCUT2D eigenvalue weighted by Crippen LogP contribution is 2.19. The third-order valence-corrected chi connectivity index (χ3v) is 2.89. The number of halogens is 1. The van der Waals surface area contributed by atoms with E-state index in [-0.39, 0.29) is 5.56 Å². The van der Waals surface area contributed by atoms with Crippen molar-refractivity contribution in [3.63, 3.8) is 0 Å². The van der Waals surface area contributed by atoms with Gasteiger partial charge in [0.2, 0.25) is 0 Å². The molecule has 0 aliphatic heterocycles. The van der Waals surface area contributed by atoms with Gasteiger partial charge in [0, 0.05) is 20.1 Å². The van der Waals surface area contributed by atoms with Crippen LogP contribution in [0.15, 0.2) is 28.1 Å². The molecule has 0 amide bonds. The molecule has 1 rings (SSSR count). The van der Waals surface area contributed by atoms with Crippen molar-refractivity contribution in [2.45, 2.75) is 6.54 Å². The molecule has 0 aromatic carbocycles. The Bertz CT molecular complexity index is 429. The Morgan fingerprint density at radius 2 is 2.44 bits per heavy atom. The standard InChI is InChI=1S/C10H15BrN4O/c1-3-5-15-10(16)9(11)8(7-13-15)14(2)6-4-12/h3,7H,1,4-6,12H2,2H3. The molecule has 0 aliphatic rings. The van der Waals surface area contributed by atoms with E-state index >= 15 is 0 Å². The van der Waals surface area contributed by atoms with Gasteiger partial charge in [-0.1, -0.05) is 6.08 Å². The summed E-state index contributed by atoms with van der Waals surface area (Å²) in [5.74, 6) is 0. The zero-order valence-corrected chi connectivity index (χ0v) is 10.8. The second kappa shape index (κ2) is 5.81. The number of rotatable bonds is 5. The third-order valence-electron chi connectivity index (χ3n) is 2.14. The summed E-state index contributed by atoms with van der Waals surface area (Å²) in [4.78, 5) is 13.7. The number of hydrogen-bond donors (Lipinski definition) is 1. The number of hydrogen-bond acceptors (Lipinski definition) is 4. The third kappa shape index (κ3) is 2.70. The molecule has 1 aromatic heterocycles. The number of aromatic nitrogens is 2. The summed E-state index contributed by atoms with van der Waals surface area (Å²) in [7, 11) is 1.87. The molecule has 0 atom stereocenters. The lowest BCUT2D eigenvalue weighted by Gasteiger charge is -2.19. The number of likely N-dealkylation sites (N-methyl/N-ethyl adjacent to an activating group) is 1. The lowest BCUT2D eigenvalue weighted by Crippen LogP contribution is -2.30. The molecule has 5 nitrogen and oxygen atoms in total. The van der Waals surface area contributed by atoms with E-state index in [1.807, 2.05) is 11.9 Å². The molecule has 1 heterocycles. The van der Waals surface area contributed by atoms with Gasteiger partial charge in [-0.25, -0.2) is 4.68 Å². The van der Waals surface area contributed by atoms with Crippen molar-refractivity contribution in [2.24, 2.45) is 5.73 Å². The van der Waals surface area contributed by atoms with Crippen LogP contribution in [0.5, 0.6) is 0 Å². The highest BCUT2D eigenvalue weighted by molar-refractivity contribution is 9.10. The highest BCUT2D eigenvalue weighted by Gasteiger charge is 2.11. The number of nitrogens with zero attached hydrogens (tertiary/aromatic N) is 3. The van der Waals surface area contributed by atoms with Gasteiger partial charge in [0.1, 0.15) is 4.47 Å². The predicted molar refractivity (Wildman–Crippen MR) is 68.7 cm³/mol. The summed E-state index contributed by atoms with van der Waals surface area (Å²) < 4.78 is 1.84. The van der Waals surface area contributed by atoms with Crippen LogP contribution in [0.1, 0.15) is 0 Å². The Labute approximate surface area is 103 Å². The second-order valence-electron chi connectivity index (χ2n) is 3.33. The van der Waals surface area contributed by atoms with Crippen LogP contribution in [0, 0.1) is 0 Å². The lowest BCUT2D eigenvalue weighted by atomic mass is 10.4. The molecule has 88 valence electrons. The molecule has 2 N–H and O–H groups in total. The van der Waals surface area contributed by atoms with Gasteiger partial charge in [-0.3, -0.25) is 4.79 Å². The summed E-state index contributed by atoms with van der Waals surface area (Å²) in [5, 5.41) is 4.05. The maximum Gasteiger partial charge on any atom is 0.283 e. The molecule has 0 spiro atoms. The van der Waals surface area contributed by atoms with Crippen molar-refractivity contribution in [2.75, 3.05) is 25.0 Å². The minimum Gasteiger partial charge on any atom is -0.371 e. The molecule has 0 aliphatic carbocycles. The first-order chi connectivity index (χ1) is 7.61. The Morgan fingerprint density at radius 3 is 3.00 bits per heavy atom. The average Bonchev–Trinajstić information content (AvgIpc) is 2.25. The monoisotopic (exact) mass is 286 g/mol. The van der Waals surface area contributed by atoms with Crippen molar-refractivity contribution in [1.29, 1.82) is 0 Å². The van der Waals surface area contributed by atoms with Gasteiger partial charge in [0.05, 0.1) is 18.4 Å². The van der Waals surface area contributed by atoms with Crippen LogP contribution in [0.4, 0.5) is 5.69 Å². The molecule has 0 radical (unpaired) electrons. The van der Waals surface area contributed by atoms with E-state index in [0.29, 0.717) is 24.1 Å². The molecule has 6 heteroatoms. The molecular formula is C10H15BrN4O. The van der Waals surface area contributed by atoms with Crippen LogP contribution in [0.25, 0.3) is 0 Å². The summed E-state index contributed by atoms with van der Waals surface area (Å²) in [6.45, 7) is 5.17. The van der Waals surface area contributed by atoms with Crippen LogP contribution < -0.4 is 16.2 Å². The fraction of sp³-hybridized carbons (Fsp3) is 0.400. The van der Waals surface area contributed by atoms with Gasteiger partial charge in [-0.2, -0.15) is 5.10 Å². The lowest BCUT2D eigenvalue weighted by molar-refractivity contribution is 0.646. The molecule has 0 saturated carbocycles. The number of nitrogens with two attached hydrogens (primary N) is 1. The van der Waals surface area contributed by atoms with Crippen molar-refractivity contribution < 1.29 is 0 Å². The quantitative estimate of drug-likeness (QED) is 0.805. The van der Waals surface area contributed by atoms with Gasteiger partial charge in [0.15, 0.2) is 0 Å². The largest absolute Gasteiger partial charge is 0.371 e. The average molecular weight is 287 g/mol. The van der Waals surface area contributed by atoms with Gasteiger partial charge >= 0.3 is 0 Å². The molecule has 0 saturated heterocycles. The normalized spacial score (nSPS) is 10.2. The fourth-order valence-electron chi connectivity index (χ4n) is 1.29. The number of allylic oxidation sites excluding steroid dienone is 1. The fourth-order valence-corrected chi connectivity index (χ4v) is 1.90. The van der Waals surface area contributed by atoms with Crippen LogP contribution in [-0.4, -0.2) is 29.9 Å². The SMILES string of the molecule is C=CCn1ncc(N(C)CCN)c(Br)c1=O. The van der Waals surface area contributed by atoms with Crippen LogP contribution >= 0.6 is 15.9 Å². The van der Waals surface area contributed by atoms with E-state index in [2.05, 4.69) is 27.6 Å². The van der Waals surface area contributed by atoms with E-state index in [0.717, 1.165) is 5.69 Å². The molecule has 0 bridgehead atoms. The van der Waals surface area contributed by atoms with Crippen LogP contribution in [-0.2, 0) is 6.54 Å². The molecule has 0 unspecified atom stereocenters. The molecule has 16 heavy (non-hydrogen) atoms. The van der Waals surface area contributed by atoms with E-state index in [1.165, 1.54) is 4.68 Å². The first-order valence-corrected chi connectivity index (χ1v) is 5.68. The van der Waals surface area contributed by atoms with Crippen molar-refractivity contribution in [3.05, 3.63) is 33.7 Å². The van der Waals surface area contributed by atoms with Gasteiger partial charge in [0.25, 0.3) is 5.56 Å². The van der Waals surface area contributed by atoms with E-state index in [4.69, 9.17) is 5.73 Å². The van der Waals surface area contributed by atoms with Gasteiger partial charge < -0.3 is 10.6 Å². The summed E-state index contributed by atoms with van der Waals surface area (Å²) in [6.07, 6.45) is 3.27. The van der Waals surface area contributed by atoms with E-state index in [9.17, 15) is 4.79 Å². The Morgan fingerprint density at radius 1 is 1.75 bits per heavy atom. The van der Waals surface area contributed by atoms with Crippen molar-refractivity contribution in [3.8, 4) is 0 Å². The maximum absolute atomic E-state index is 11.8. The van der Waals surface area contributed by atoms with Crippen LogP contribution in [0.3, 0.4) is 0 Å². The summed E-state index contributed by atoms with van der Waals surface area (Å²) in [5.41, 5.74) is 6.04. The topological polar surface area (TPSA) is 64.2 Å². The first-order valence-electron chi connectivity index (χ1n) is 4.89.